The fraction of sp³-hybridized carbons (Fsp3) is 0.235. The van der Waals surface area contributed by atoms with E-state index in [1.54, 1.807) is 26.2 Å². The molecule has 0 radical (unpaired) electrons. The van der Waals surface area contributed by atoms with Crippen molar-refractivity contribution in [2.24, 2.45) is 0 Å². The third kappa shape index (κ3) is 4.05. The summed E-state index contributed by atoms with van der Waals surface area (Å²) >= 11 is 0. The SMILES string of the molecule is COc1ccccc1CC(=O)NCc1ccc(F)c(C)c1. The van der Waals surface area contributed by atoms with E-state index in [2.05, 4.69) is 5.32 Å². The molecule has 1 N–H and O–H groups in total. The van der Waals surface area contributed by atoms with Gasteiger partial charge in [-0.05, 0) is 30.2 Å². The second kappa shape index (κ2) is 6.88. The summed E-state index contributed by atoms with van der Waals surface area (Å²) in [4.78, 5) is 12.0. The Morgan fingerprint density at radius 1 is 1.24 bits per heavy atom. The third-order valence-corrected chi connectivity index (χ3v) is 3.26. The van der Waals surface area contributed by atoms with E-state index in [-0.39, 0.29) is 18.1 Å². The van der Waals surface area contributed by atoms with Crippen LogP contribution < -0.4 is 10.1 Å². The quantitative estimate of drug-likeness (QED) is 0.918. The predicted octanol–water partition coefficient (Wildman–Crippen LogP) is 3.00. The zero-order valence-corrected chi connectivity index (χ0v) is 12.2. The number of ether oxygens (including phenoxy) is 1. The molecule has 0 aliphatic heterocycles. The lowest BCUT2D eigenvalue weighted by molar-refractivity contribution is -0.120. The number of rotatable bonds is 5. The number of aryl methyl sites for hydroxylation is 1. The van der Waals surface area contributed by atoms with Gasteiger partial charge in [0, 0.05) is 12.1 Å². The van der Waals surface area contributed by atoms with E-state index in [1.165, 1.54) is 6.07 Å². The predicted molar refractivity (Wildman–Crippen MR) is 79.7 cm³/mol. The number of para-hydroxylation sites is 1. The molecular formula is C17H18FNO2. The number of halogens is 1. The van der Waals surface area contributed by atoms with E-state index in [4.69, 9.17) is 4.74 Å². The molecule has 2 rings (SSSR count). The first-order valence-electron chi connectivity index (χ1n) is 6.74. The second-order valence-electron chi connectivity index (χ2n) is 4.85. The minimum absolute atomic E-state index is 0.0959. The topological polar surface area (TPSA) is 38.3 Å². The normalized spacial score (nSPS) is 10.2. The highest BCUT2D eigenvalue weighted by atomic mass is 19.1. The van der Waals surface area contributed by atoms with Crippen molar-refractivity contribution in [3.63, 3.8) is 0 Å². The molecule has 2 aromatic carbocycles. The fourth-order valence-electron chi connectivity index (χ4n) is 2.10. The number of benzene rings is 2. The summed E-state index contributed by atoms with van der Waals surface area (Å²) < 4.78 is 18.4. The third-order valence-electron chi connectivity index (χ3n) is 3.26. The van der Waals surface area contributed by atoms with Crippen LogP contribution in [0, 0.1) is 12.7 Å². The number of methoxy groups -OCH3 is 1. The summed E-state index contributed by atoms with van der Waals surface area (Å²) in [6, 6.07) is 12.2. The van der Waals surface area contributed by atoms with Crippen LogP contribution in [-0.2, 0) is 17.8 Å². The van der Waals surface area contributed by atoms with Crippen LogP contribution in [0.5, 0.6) is 5.75 Å². The van der Waals surface area contributed by atoms with Crippen LogP contribution in [0.1, 0.15) is 16.7 Å². The Labute approximate surface area is 123 Å². The van der Waals surface area contributed by atoms with Gasteiger partial charge >= 0.3 is 0 Å². The molecule has 0 heterocycles. The molecule has 1 amide bonds. The van der Waals surface area contributed by atoms with Crippen LogP contribution in [0.15, 0.2) is 42.5 Å². The van der Waals surface area contributed by atoms with E-state index >= 15 is 0 Å². The minimum Gasteiger partial charge on any atom is -0.496 e. The molecule has 3 nitrogen and oxygen atoms in total. The molecule has 0 spiro atoms. The minimum atomic E-state index is -0.237. The summed E-state index contributed by atoms with van der Waals surface area (Å²) in [6.45, 7) is 2.09. The van der Waals surface area contributed by atoms with Gasteiger partial charge in [0.25, 0.3) is 0 Å². The molecular weight excluding hydrogens is 269 g/mol. The molecule has 0 aromatic heterocycles. The van der Waals surface area contributed by atoms with E-state index in [1.807, 2.05) is 24.3 Å². The molecule has 0 aliphatic rings. The van der Waals surface area contributed by atoms with Crippen molar-refractivity contribution in [3.05, 3.63) is 65.0 Å². The highest BCUT2D eigenvalue weighted by Gasteiger charge is 2.08. The molecule has 0 bridgehead atoms. The summed E-state index contributed by atoms with van der Waals surface area (Å²) in [5.74, 6) is 0.367. The van der Waals surface area contributed by atoms with E-state index < -0.39 is 0 Å². The van der Waals surface area contributed by atoms with Crippen LogP contribution >= 0.6 is 0 Å². The number of hydrogen-bond donors (Lipinski definition) is 1. The van der Waals surface area contributed by atoms with Gasteiger partial charge in [-0.25, -0.2) is 4.39 Å². The first kappa shape index (κ1) is 15.0. The standard InChI is InChI=1S/C17H18FNO2/c1-12-9-13(7-8-15(12)18)11-19-17(20)10-14-5-3-4-6-16(14)21-2/h3-9H,10-11H2,1-2H3,(H,19,20). The Bertz CT molecular complexity index is 640. The van der Waals surface area contributed by atoms with Crippen molar-refractivity contribution in [1.82, 2.24) is 5.32 Å². The van der Waals surface area contributed by atoms with Crippen molar-refractivity contribution in [2.75, 3.05) is 7.11 Å². The molecule has 0 fully saturated rings. The van der Waals surface area contributed by atoms with Crippen LogP contribution in [0.25, 0.3) is 0 Å². The van der Waals surface area contributed by atoms with Crippen molar-refractivity contribution in [1.29, 1.82) is 0 Å². The van der Waals surface area contributed by atoms with Crippen molar-refractivity contribution >= 4 is 5.91 Å². The Morgan fingerprint density at radius 2 is 2.00 bits per heavy atom. The maximum absolute atomic E-state index is 13.2. The van der Waals surface area contributed by atoms with Crippen molar-refractivity contribution in [2.45, 2.75) is 19.9 Å². The van der Waals surface area contributed by atoms with Crippen LogP contribution in [0.2, 0.25) is 0 Å². The molecule has 0 saturated heterocycles. The Kier molecular flexibility index (Phi) is 4.93. The molecule has 0 atom stereocenters. The number of hydrogen-bond acceptors (Lipinski definition) is 2. The van der Waals surface area contributed by atoms with Crippen LogP contribution in [0.3, 0.4) is 0 Å². The maximum atomic E-state index is 13.2. The van der Waals surface area contributed by atoms with Gasteiger partial charge in [-0.3, -0.25) is 4.79 Å². The number of nitrogens with one attached hydrogen (secondary N) is 1. The zero-order valence-electron chi connectivity index (χ0n) is 12.2. The maximum Gasteiger partial charge on any atom is 0.224 e. The highest BCUT2D eigenvalue weighted by Crippen LogP contribution is 2.17. The van der Waals surface area contributed by atoms with Gasteiger partial charge in [0.1, 0.15) is 11.6 Å². The van der Waals surface area contributed by atoms with E-state index in [0.29, 0.717) is 17.9 Å². The van der Waals surface area contributed by atoms with Crippen molar-refractivity contribution < 1.29 is 13.9 Å². The van der Waals surface area contributed by atoms with E-state index in [0.717, 1.165) is 11.1 Å². The first-order valence-corrected chi connectivity index (χ1v) is 6.74. The molecule has 0 saturated carbocycles. The lowest BCUT2D eigenvalue weighted by atomic mass is 10.1. The molecule has 0 unspecified atom stereocenters. The molecule has 21 heavy (non-hydrogen) atoms. The summed E-state index contributed by atoms with van der Waals surface area (Å²) in [7, 11) is 1.58. The van der Waals surface area contributed by atoms with Gasteiger partial charge < -0.3 is 10.1 Å². The summed E-state index contributed by atoms with van der Waals surface area (Å²) in [6.07, 6.45) is 0.254. The number of carbonyl (C=O) groups excluding carboxylic acids is 1. The lowest BCUT2D eigenvalue weighted by Crippen LogP contribution is -2.24. The molecule has 4 heteroatoms. The summed E-state index contributed by atoms with van der Waals surface area (Å²) in [5.41, 5.74) is 2.29. The number of amides is 1. The highest BCUT2D eigenvalue weighted by molar-refractivity contribution is 5.79. The van der Waals surface area contributed by atoms with Gasteiger partial charge in [0.2, 0.25) is 5.91 Å². The average molecular weight is 287 g/mol. The van der Waals surface area contributed by atoms with Gasteiger partial charge in [-0.15, -0.1) is 0 Å². The smallest absolute Gasteiger partial charge is 0.224 e. The van der Waals surface area contributed by atoms with E-state index in [9.17, 15) is 9.18 Å². The van der Waals surface area contributed by atoms with Gasteiger partial charge in [-0.2, -0.15) is 0 Å². The Balaban J connectivity index is 1.94. The van der Waals surface area contributed by atoms with Gasteiger partial charge in [0.15, 0.2) is 0 Å². The Hall–Kier alpha value is -2.36. The second-order valence-corrected chi connectivity index (χ2v) is 4.85. The Morgan fingerprint density at radius 3 is 2.71 bits per heavy atom. The largest absolute Gasteiger partial charge is 0.496 e. The fourth-order valence-corrected chi connectivity index (χ4v) is 2.10. The lowest BCUT2D eigenvalue weighted by Gasteiger charge is -2.09. The van der Waals surface area contributed by atoms with Crippen LogP contribution in [0.4, 0.5) is 4.39 Å². The molecule has 110 valence electrons. The average Bonchev–Trinajstić information content (AvgIpc) is 2.49. The summed E-state index contributed by atoms with van der Waals surface area (Å²) in [5, 5.41) is 2.83. The van der Waals surface area contributed by atoms with Crippen LogP contribution in [-0.4, -0.2) is 13.0 Å². The zero-order chi connectivity index (χ0) is 15.2. The first-order chi connectivity index (χ1) is 10.1. The number of carbonyl (C=O) groups is 1. The molecule has 0 aliphatic carbocycles. The van der Waals surface area contributed by atoms with Crippen molar-refractivity contribution in [3.8, 4) is 5.75 Å². The molecule has 2 aromatic rings. The van der Waals surface area contributed by atoms with Gasteiger partial charge in [-0.1, -0.05) is 30.3 Å². The monoisotopic (exact) mass is 287 g/mol. The van der Waals surface area contributed by atoms with Gasteiger partial charge in [0.05, 0.1) is 13.5 Å².